The lowest BCUT2D eigenvalue weighted by Crippen LogP contribution is -2.25. The average Bonchev–Trinajstić information content (AvgIpc) is 2.77. The van der Waals surface area contributed by atoms with Crippen LogP contribution in [0.3, 0.4) is 0 Å². The topological polar surface area (TPSA) is 94.6 Å². The Bertz CT molecular complexity index is 1160. The first-order valence-electron chi connectivity index (χ1n) is 10.00. The molecule has 1 atom stereocenters. The lowest BCUT2D eigenvalue weighted by Gasteiger charge is -2.27. The van der Waals surface area contributed by atoms with E-state index < -0.39 is 23.6 Å². The lowest BCUT2D eigenvalue weighted by atomic mass is 9.83. The molecule has 172 valence electrons. The van der Waals surface area contributed by atoms with E-state index in [1.54, 1.807) is 38.1 Å². The molecule has 9 heteroatoms. The summed E-state index contributed by atoms with van der Waals surface area (Å²) in [5.74, 6) is -1.06. The Morgan fingerprint density at radius 2 is 1.94 bits per heavy atom. The molecule has 3 rings (SSSR count). The van der Waals surface area contributed by atoms with Crippen molar-refractivity contribution in [2.75, 3.05) is 6.61 Å². The molecule has 0 aromatic heterocycles. The van der Waals surface area contributed by atoms with Crippen LogP contribution >= 0.6 is 0 Å². The number of ether oxygens (including phenoxy) is 3. The first-order valence-corrected chi connectivity index (χ1v) is 10.00. The van der Waals surface area contributed by atoms with Crippen molar-refractivity contribution in [3.8, 4) is 11.8 Å². The minimum Gasteiger partial charge on any atom is -0.489 e. The molecule has 0 amide bonds. The smallest absolute Gasteiger partial charge is 0.416 e. The maximum Gasteiger partial charge on any atom is 0.416 e. The van der Waals surface area contributed by atoms with Gasteiger partial charge in [0, 0.05) is 0 Å². The Morgan fingerprint density at radius 3 is 2.61 bits per heavy atom. The molecule has 2 aromatic rings. The van der Waals surface area contributed by atoms with Crippen LogP contribution < -0.4 is 10.5 Å². The van der Waals surface area contributed by atoms with Gasteiger partial charge in [-0.3, -0.25) is 0 Å². The van der Waals surface area contributed by atoms with Crippen molar-refractivity contribution in [2.45, 2.75) is 32.5 Å². The number of hydrogen-bond donors (Lipinski definition) is 1. The number of carbonyl (C=O) groups is 1. The van der Waals surface area contributed by atoms with Gasteiger partial charge < -0.3 is 19.9 Å². The summed E-state index contributed by atoms with van der Waals surface area (Å²) in [6.45, 7) is 3.23. The van der Waals surface area contributed by atoms with Crippen molar-refractivity contribution in [2.24, 2.45) is 5.73 Å². The van der Waals surface area contributed by atoms with Gasteiger partial charge in [-0.15, -0.1) is 0 Å². The van der Waals surface area contributed by atoms with Gasteiger partial charge in [-0.05, 0) is 49.2 Å². The normalized spacial score (nSPS) is 16.2. The Morgan fingerprint density at radius 1 is 1.21 bits per heavy atom. The molecule has 0 spiro atoms. The number of halogens is 3. The van der Waals surface area contributed by atoms with Crippen molar-refractivity contribution >= 4 is 5.97 Å². The minimum absolute atomic E-state index is 0.0404. The molecule has 0 saturated carbocycles. The van der Waals surface area contributed by atoms with E-state index in [0.717, 1.165) is 12.1 Å². The molecule has 0 radical (unpaired) electrons. The van der Waals surface area contributed by atoms with Crippen LogP contribution in [0.4, 0.5) is 13.2 Å². The van der Waals surface area contributed by atoms with Gasteiger partial charge in [0.1, 0.15) is 29.8 Å². The summed E-state index contributed by atoms with van der Waals surface area (Å²) in [6.07, 6.45) is -4.45. The molecule has 1 unspecified atom stereocenters. The summed E-state index contributed by atoms with van der Waals surface area (Å²) in [5.41, 5.74) is 6.16. The number of benzene rings is 2. The van der Waals surface area contributed by atoms with E-state index in [2.05, 4.69) is 0 Å². The van der Waals surface area contributed by atoms with E-state index in [1.807, 2.05) is 6.07 Å². The fraction of sp³-hybridized carbons (Fsp3) is 0.250. The number of carbonyl (C=O) groups excluding carboxylic acids is 1. The van der Waals surface area contributed by atoms with Crippen LogP contribution in [0.25, 0.3) is 0 Å². The molecular weight excluding hydrogens is 437 g/mol. The Balaban J connectivity index is 1.91. The van der Waals surface area contributed by atoms with E-state index in [4.69, 9.17) is 19.9 Å². The van der Waals surface area contributed by atoms with Gasteiger partial charge in [0.25, 0.3) is 0 Å². The first kappa shape index (κ1) is 23.7. The molecule has 0 fully saturated rings. The van der Waals surface area contributed by atoms with Crippen LogP contribution in [0.15, 0.2) is 71.3 Å². The lowest BCUT2D eigenvalue weighted by molar-refractivity contribution is -0.139. The monoisotopic (exact) mass is 458 g/mol. The van der Waals surface area contributed by atoms with Crippen LogP contribution in [0.2, 0.25) is 0 Å². The Labute approximate surface area is 188 Å². The largest absolute Gasteiger partial charge is 0.489 e. The van der Waals surface area contributed by atoms with Crippen molar-refractivity contribution in [3.05, 3.63) is 88.0 Å². The minimum atomic E-state index is -4.45. The Hall–Kier alpha value is -3.93. The number of hydrogen-bond acceptors (Lipinski definition) is 6. The van der Waals surface area contributed by atoms with Gasteiger partial charge in [-0.25, -0.2) is 4.79 Å². The zero-order valence-electron chi connectivity index (χ0n) is 17.9. The molecular formula is C24H21F3N2O4. The van der Waals surface area contributed by atoms with Crippen molar-refractivity contribution in [1.82, 2.24) is 0 Å². The molecule has 2 N–H and O–H groups in total. The van der Waals surface area contributed by atoms with Crippen LogP contribution in [-0.2, 0) is 27.1 Å². The zero-order chi connectivity index (χ0) is 24.2. The number of allylic oxidation sites excluding steroid dienone is 2. The molecule has 1 heterocycles. The summed E-state index contributed by atoms with van der Waals surface area (Å²) >= 11 is 0. The molecule has 0 bridgehead atoms. The maximum atomic E-state index is 12.9. The van der Waals surface area contributed by atoms with Gasteiger partial charge in [-0.2, -0.15) is 18.4 Å². The third kappa shape index (κ3) is 5.29. The van der Waals surface area contributed by atoms with Gasteiger partial charge in [0.15, 0.2) is 0 Å². The summed E-state index contributed by atoms with van der Waals surface area (Å²) in [4.78, 5) is 12.6. The van der Waals surface area contributed by atoms with Gasteiger partial charge in [0.05, 0.1) is 23.7 Å². The van der Waals surface area contributed by atoms with E-state index in [9.17, 15) is 23.2 Å². The van der Waals surface area contributed by atoms with E-state index in [1.165, 1.54) is 12.1 Å². The fourth-order valence-corrected chi connectivity index (χ4v) is 3.48. The third-order valence-corrected chi connectivity index (χ3v) is 4.95. The Kier molecular flexibility index (Phi) is 6.97. The SMILES string of the molecule is CCOC(=O)C1=C(C)OC(N)=C(C#N)C1c1cccc(OCc2cccc(C(F)(F)F)c2)c1. The van der Waals surface area contributed by atoms with E-state index >= 15 is 0 Å². The van der Waals surface area contributed by atoms with Crippen LogP contribution in [-0.4, -0.2) is 12.6 Å². The second-order valence-corrected chi connectivity index (χ2v) is 7.17. The molecule has 6 nitrogen and oxygen atoms in total. The summed E-state index contributed by atoms with van der Waals surface area (Å²) < 4.78 is 55.1. The van der Waals surface area contributed by atoms with Crippen LogP contribution in [0.1, 0.15) is 36.5 Å². The van der Waals surface area contributed by atoms with Gasteiger partial charge >= 0.3 is 12.1 Å². The number of nitriles is 1. The zero-order valence-corrected chi connectivity index (χ0v) is 17.9. The number of alkyl halides is 3. The summed E-state index contributed by atoms with van der Waals surface area (Å²) in [7, 11) is 0. The molecule has 1 aliphatic rings. The van der Waals surface area contributed by atoms with E-state index in [-0.39, 0.29) is 36.0 Å². The second kappa shape index (κ2) is 9.69. The van der Waals surface area contributed by atoms with Crippen LogP contribution in [0.5, 0.6) is 5.75 Å². The fourth-order valence-electron chi connectivity index (χ4n) is 3.48. The van der Waals surface area contributed by atoms with Crippen molar-refractivity contribution in [3.63, 3.8) is 0 Å². The second-order valence-electron chi connectivity index (χ2n) is 7.17. The maximum absolute atomic E-state index is 12.9. The number of nitrogens with two attached hydrogens (primary N) is 1. The quantitative estimate of drug-likeness (QED) is 0.617. The highest BCUT2D eigenvalue weighted by Gasteiger charge is 2.36. The van der Waals surface area contributed by atoms with E-state index in [0.29, 0.717) is 16.9 Å². The first-order chi connectivity index (χ1) is 15.7. The molecule has 1 aliphatic heterocycles. The van der Waals surface area contributed by atoms with Crippen molar-refractivity contribution < 1.29 is 32.2 Å². The highest BCUT2D eigenvalue weighted by Crippen LogP contribution is 2.40. The van der Waals surface area contributed by atoms with Crippen molar-refractivity contribution in [1.29, 1.82) is 5.26 Å². The summed E-state index contributed by atoms with van der Waals surface area (Å²) in [6, 6.07) is 13.4. The van der Waals surface area contributed by atoms with Crippen LogP contribution in [0, 0.1) is 11.3 Å². The number of esters is 1. The highest BCUT2D eigenvalue weighted by atomic mass is 19.4. The molecule has 33 heavy (non-hydrogen) atoms. The predicted molar refractivity (Wildman–Crippen MR) is 112 cm³/mol. The standard InChI is InChI=1S/C24H21F3N2O4/c1-3-31-23(30)20-14(2)33-22(29)19(12-28)21(20)16-7-5-9-18(11-16)32-13-15-6-4-8-17(10-15)24(25,26)27/h4-11,21H,3,13,29H2,1-2H3. The number of nitrogens with zero attached hydrogens (tertiary/aromatic N) is 1. The molecule has 2 aromatic carbocycles. The number of rotatable bonds is 6. The average molecular weight is 458 g/mol. The third-order valence-electron chi connectivity index (χ3n) is 4.95. The molecule has 0 saturated heterocycles. The molecule has 0 aliphatic carbocycles. The highest BCUT2D eigenvalue weighted by molar-refractivity contribution is 5.92. The van der Waals surface area contributed by atoms with Gasteiger partial charge in [0.2, 0.25) is 5.88 Å². The predicted octanol–water partition coefficient (Wildman–Crippen LogP) is 4.93. The summed E-state index contributed by atoms with van der Waals surface area (Å²) in [5, 5.41) is 9.66. The van der Waals surface area contributed by atoms with Gasteiger partial charge in [-0.1, -0.05) is 24.3 Å².